The molecule has 0 unspecified atom stereocenters. The van der Waals surface area contributed by atoms with Gasteiger partial charge in [-0.15, -0.1) is 0 Å². The van der Waals surface area contributed by atoms with Crippen LogP contribution in [0.3, 0.4) is 0 Å². The van der Waals surface area contributed by atoms with E-state index in [2.05, 4.69) is 11.6 Å². The third kappa shape index (κ3) is 4.88. The van der Waals surface area contributed by atoms with Crippen LogP contribution < -0.4 is 11.2 Å². The molecule has 0 bridgehead atoms. The van der Waals surface area contributed by atoms with Gasteiger partial charge >= 0.3 is 5.69 Å². The lowest BCUT2D eigenvalue weighted by molar-refractivity contribution is -0.131. The number of likely N-dealkylation sites (N-methyl/N-ethyl adjacent to an activating group) is 1. The van der Waals surface area contributed by atoms with Crippen molar-refractivity contribution in [2.45, 2.75) is 33.5 Å². The monoisotopic (exact) mass is 439 g/mol. The molecule has 3 rings (SSSR count). The molecule has 0 spiro atoms. The van der Waals surface area contributed by atoms with Gasteiger partial charge in [0.15, 0.2) is 11.2 Å². The topological polar surface area (TPSA) is 91.4 Å². The average molecular weight is 440 g/mol. The summed E-state index contributed by atoms with van der Waals surface area (Å²) in [5.41, 5.74) is 1.16. The smallest absolute Gasteiger partial charge is 0.333 e. The third-order valence-electron chi connectivity index (χ3n) is 5.19. The number of benzene rings is 1. The first-order chi connectivity index (χ1) is 15.4. The quantitative estimate of drug-likeness (QED) is 0.446. The summed E-state index contributed by atoms with van der Waals surface area (Å²) < 4.78 is 9.24. The minimum atomic E-state index is -0.567. The van der Waals surface area contributed by atoms with Crippen molar-refractivity contribution in [1.82, 2.24) is 23.6 Å². The van der Waals surface area contributed by atoms with Crippen LogP contribution in [0.2, 0.25) is 0 Å². The molecule has 32 heavy (non-hydrogen) atoms. The number of carbonyl (C=O) groups excluding carboxylic acids is 1. The van der Waals surface area contributed by atoms with Gasteiger partial charge in [-0.1, -0.05) is 42.5 Å². The van der Waals surface area contributed by atoms with Gasteiger partial charge in [0, 0.05) is 26.7 Å². The molecular formula is C23H29N5O4. The second-order valence-electron chi connectivity index (χ2n) is 7.71. The highest BCUT2D eigenvalue weighted by Gasteiger charge is 2.21. The summed E-state index contributed by atoms with van der Waals surface area (Å²) in [7, 11) is 1.57. The number of fused-ring (bicyclic) bond motifs is 1. The molecule has 170 valence electrons. The number of ether oxygens (including phenoxy) is 1. The van der Waals surface area contributed by atoms with E-state index in [4.69, 9.17) is 4.74 Å². The Morgan fingerprint density at radius 2 is 1.91 bits per heavy atom. The molecule has 0 aliphatic rings. The first-order valence-electron chi connectivity index (χ1n) is 10.5. The van der Waals surface area contributed by atoms with Crippen molar-refractivity contribution in [2.24, 2.45) is 0 Å². The van der Waals surface area contributed by atoms with Gasteiger partial charge in [0.25, 0.3) is 5.56 Å². The molecular weight excluding hydrogens is 410 g/mol. The van der Waals surface area contributed by atoms with Gasteiger partial charge in [0.1, 0.15) is 6.54 Å². The van der Waals surface area contributed by atoms with Gasteiger partial charge in [-0.05, 0) is 19.4 Å². The van der Waals surface area contributed by atoms with E-state index in [-0.39, 0.29) is 30.2 Å². The van der Waals surface area contributed by atoms with Crippen molar-refractivity contribution < 1.29 is 9.53 Å². The van der Waals surface area contributed by atoms with Crippen molar-refractivity contribution in [3.05, 3.63) is 75.2 Å². The largest absolute Gasteiger partial charge is 0.383 e. The second-order valence-corrected chi connectivity index (χ2v) is 7.71. The maximum absolute atomic E-state index is 13.4. The van der Waals surface area contributed by atoms with Crippen LogP contribution in [0.5, 0.6) is 0 Å². The molecule has 0 fully saturated rings. The molecule has 0 atom stereocenters. The lowest BCUT2D eigenvalue weighted by Gasteiger charge is -2.21. The van der Waals surface area contributed by atoms with E-state index in [1.54, 1.807) is 16.6 Å². The van der Waals surface area contributed by atoms with Gasteiger partial charge in [-0.3, -0.25) is 14.2 Å². The van der Waals surface area contributed by atoms with E-state index in [1.165, 1.54) is 10.9 Å². The van der Waals surface area contributed by atoms with Crippen molar-refractivity contribution in [3.8, 4) is 0 Å². The molecule has 0 aliphatic heterocycles. The SMILES string of the molecule is C=C(C)CN(CC)C(=O)Cn1c(=O)c2c(ncn2CCOC)n(Cc2ccccc2)c1=O. The number of hydrogen-bond donors (Lipinski definition) is 0. The van der Waals surface area contributed by atoms with Crippen molar-refractivity contribution in [2.75, 3.05) is 26.8 Å². The predicted octanol–water partition coefficient (Wildman–Crippen LogP) is 1.48. The Kier molecular flexibility index (Phi) is 7.42. The van der Waals surface area contributed by atoms with E-state index in [1.807, 2.05) is 44.2 Å². The fraction of sp³-hybridized carbons (Fsp3) is 0.391. The Morgan fingerprint density at radius 3 is 2.53 bits per heavy atom. The van der Waals surface area contributed by atoms with Crippen molar-refractivity contribution in [1.29, 1.82) is 0 Å². The van der Waals surface area contributed by atoms with Crippen LogP contribution in [0.15, 0.2) is 58.4 Å². The molecule has 3 aromatic rings. The van der Waals surface area contributed by atoms with E-state index >= 15 is 0 Å². The van der Waals surface area contributed by atoms with Crippen LogP contribution >= 0.6 is 0 Å². The van der Waals surface area contributed by atoms with E-state index in [0.29, 0.717) is 26.2 Å². The fourth-order valence-corrected chi connectivity index (χ4v) is 3.58. The van der Waals surface area contributed by atoms with Crippen molar-refractivity contribution in [3.63, 3.8) is 0 Å². The summed E-state index contributed by atoms with van der Waals surface area (Å²) in [6.07, 6.45) is 1.53. The average Bonchev–Trinajstić information content (AvgIpc) is 3.20. The van der Waals surface area contributed by atoms with E-state index in [9.17, 15) is 14.4 Å². The molecule has 0 saturated heterocycles. The lowest BCUT2D eigenvalue weighted by Crippen LogP contribution is -2.45. The lowest BCUT2D eigenvalue weighted by atomic mass is 10.2. The standard InChI is InChI=1S/C23H29N5O4/c1-5-25(13-17(2)3)19(29)15-28-22(30)20-21(24-16-26(20)11-12-32-4)27(23(28)31)14-18-9-7-6-8-10-18/h6-10,16H,2,5,11-15H2,1,3-4H3. The summed E-state index contributed by atoms with van der Waals surface area (Å²) >= 11 is 0. The molecule has 2 aromatic heterocycles. The summed E-state index contributed by atoms with van der Waals surface area (Å²) in [5, 5.41) is 0. The molecule has 0 aliphatic carbocycles. The number of carbonyl (C=O) groups is 1. The zero-order valence-corrected chi connectivity index (χ0v) is 18.8. The first-order valence-corrected chi connectivity index (χ1v) is 10.5. The van der Waals surface area contributed by atoms with Crippen LogP contribution in [0, 0.1) is 0 Å². The summed E-state index contributed by atoms with van der Waals surface area (Å²) in [6, 6.07) is 9.44. The first kappa shape index (κ1) is 23.2. The van der Waals surface area contributed by atoms with E-state index < -0.39 is 11.2 Å². The summed E-state index contributed by atoms with van der Waals surface area (Å²) in [5.74, 6) is -0.316. The number of imidazole rings is 1. The van der Waals surface area contributed by atoms with Gasteiger partial charge in [0.05, 0.1) is 19.5 Å². The number of hydrogen-bond acceptors (Lipinski definition) is 5. The van der Waals surface area contributed by atoms with Crippen molar-refractivity contribution >= 4 is 17.1 Å². The summed E-state index contributed by atoms with van der Waals surface area (Å²) in [4.78, 5) is 45.5. The minimum Gasteiger partial charge on any atom is -0.383 e. The summed E-state index contributed by atoms with van der Waals surface area (Å²) in [6.45, 7) is 9.01. The number of amides is 1. The van der Waals surface area contributed by atoms with Gasteiger partial charge < -0.3 is 14.2 Å². The Bertz CT molecular complexity index is 1220. The number of aromatic nitrogens is 4. The molecule has 0 radical (unpaired) electrons. The maximum atomic E-state index is 13.4. The number of nitrogens with zero attached hydrogens (tertiary/aromatic N) is 5. The zero-order valence-electron chi connectivity index (χ0n) is 18.8. The molecule has 2 heterocycles. The van der Waals surface area contributed by atoms with Crippen LogP contribution in [0.4, 0.5) is 0 Å². The highest BCUT2D eigenvalue weighted by molar-refractivity contribution is 5.77. The maximum Gasteiger partial charge on any atom is 0.333 e. The van der Waals surface area contributed by atoms with Gasteiger partial charge in [0.2, 0.25) is 5.91 Å². The van der Waals surface area contributed by atoms with Gasteiger partial charge in [-0.25, -0.2) is 14.3 Å². The molecule has 1 amide bonds. The Labute approximate surface area is 186 Å². The third-order valence-corrected chi connectivity index (χ3v) is 5.19. The number of rotatable bonds is 10. The Balaban J connectivity index is 2.14. The van der Waals surface area contributed by atoms with Crippen LogP contribution in [0.1, 0.15) is 19.4 Å². The predicted molar refractivity (Wildman–Crippen MR) is 123 cm³/mol. The Morgan fingerprint density at radius 1 is 1.19 bits per heavy atom. The highest BCUT2D eigenvalue weighted by Crippen LogP contribution is 2.10. The molecule has 9 nitrogen and oxygen atoms in total. The van der Waals surface area contributed by atoms with Crippen LogP contribution in [-0.2, 0) is 29.2 Å². The zero-order chi connectivity index (χ0) is 23.3. The van der Waals surface area contributed by atoms with Crippen LogP contribution in [-0.4, -0.2) is 56.3 Å². The van der Waals surface area contributed by atoms with Gasteiger partial charge in [-0.2, -0.15) is 0 Å². The van der Waals surface area contributed by atoms with E-state index in [0.717, 1.165) is 15.7 Å². The molecule has 9 heteroatoms. The fourth-order valence-electron chi connectivity index (χ4n) is 3.58. The Hall–Kier alpha value is -3.46. The molecule has 0 N–H and O–H groups in total. The minimum absolute atomic E-state index is 0.231. The normalized spacial score (nSPS) is 11.1. The molecule has 0 saturated carbocycles. The highest BCUT2D eigenvalue weighted by atomic mass is 16.5. The number of methoxy groups -OCH3 is 1. The second kappa shape index (κ2) is 10.2. The molecule has 1 aromatic carbocycles. The van der Waals surface area contributed by atoms with Crippen LogP contribution in [0.25, 0.3) is 11.2 Å².